The number of nitrogens with two attached hydrogens (primary N) is 1. The number of likely N-dealkylation sites (tertiary alicyclic amines) is 2. The molecular formula is C12H25N3. The highest BCUT2D eigenvalue weighted by Gasteiger charge is 2.27. The van der Waals surface area contributed by atoms with Gasteiger partial charge in [-0.05, 0) is 51.2 Å². The topological polar surface area (TPSA) is 32.5 Å². The van der Waals surface area contributed by atoms with Crippen molar-refractivity contribution >= 4 is 0 Å². The van der Waals surface area contributed by atoms with Gasteiger partial charge in [0.25, 0.3) is 0 Å². The molecule has 0 amide bonds. The normalized spacial score (nSPS) is 30.4. The number of hydrogen-bond donors (Lipinski definition) is 1. The molecule has 2 aliphatic rings. The molecule has 0 bridgehead atoms. The number of rotatable bonds is 4. The molecule has 3 heteroatoms. The fourth-order valence-corrected chi connectivity index (χ4v) is 3.10. The molecule has 2 rings (SSSR count). The highest BCUT2D eigenvalue weighted by molar-refractivity contribution is 4.82. The van der Waals surface area contributed by atoms with Crippen LogP contribution in [0, 0.1) is 11.8 Å². The zero-order valence-electron chi connectivity index (χ0n) is 9.99. The van der Waals surface area contributed by atoms with E-state index in [2.05, 4.69) is 16.8 Å². The van der Waals surface area contributed by atoms with Crippen molar-refractivity contribution < 1.29 is 0 Å². The minimum Gasteiger partial charge on any atom is -0.330 e. The number of hydrogen-bond acceptors (Lipinski definition) is 3. The third kappa shape index (κ3) is 3.16. The molecule has 2 saturated heterocycles. The van der Waals surface area contributed by atoms with E-state index < -0.39 is 0 Å². The van der Waals surface area contributed by atoms with Crippen LogP contribution in [0.15, 0.2) is 0 Å². The molecule has 15 heavy (non-hydrogen) atoms. The molecule has 0 aliphatic carbocycles. The number of nitrogens with zero attached hydrogens (tertiary/aromatic N) is 2. The summed E-state index contributed by atoms with van der Waals surface area (Å²) in [5, 5.41) is 0. The van der Waals surface area contributed by atoms with Gasteiger partial charge in [0.05, 0.1) is 0 Å². The van der Waals surface area contributed by atoms with Gasteiger partial charge >= 0.3 is 0 Å². The summed E-state index contributed by atoms with van der Waals surface area (Å²) >= 11 is 0. The number of piperidine rings is 1. The van der Waals surface area contributed by atoms with Crippen LogP contribution in [-0.2, 0) is 0 Å². The summed E-state index contributed by atoms with van der Waals surface area (Å²) < 4.78 is 0. The summed E-state index contributed by atoms with van der Waals surface area (Å²) in [5.74, 6) is 1.81. The molecule has 2 heterocycles. The molecule has 2 fully saturated rings. The average Bonchev–Trinajstić information content (AvgIpc) is 2.17. The lowest BCUT2D eigenvalue weighted by molar-refractivity contribution is 0.0694. The Kier molecular flexibility index (Phi) is 4.00. The molecule has 1 unspecified atom stereocenters. The first-order chi connectivity index (χ1) is 7.28. The smallest absolute Gasteiger partial charge is 0.00343 e. The Labute approximate surface area is 93.6 Å². The Morgan fingerprint density at radius 2 is 2.00 bits per heavy atom. The monoisotopic (exact) mass is 211 g/mol. The van der Waals surface area contributed by atoms with E-state index in [1.165, 1.54) is 52.0 Å². The zero-order valence-corrected chi connectivity index (χ0v) is 9.99. The van der Waals surface area contributed by atoms with Crippen LogP contribution in [0.3, 0.4) is 0 Å². The van der Waals surface area contributed by atoms with E-state index in [-0.39, 0.29) is 0 Å². The van der Waals surface area contributed by atoms with Crippen LogP contribution < -0.4 is 5.73 Å². The van der Waals surface area contributed by atoms with Gasteiger partial charge < -0.3 is 15.5 Å². The first kappa shape index (κ1) is 11.4. The first-order valence-corrected chi connectivity index (χ1v) is 6.39. The van der Waals surface area contributed by atoms with E-state index in [0.29, 0.717) is 0 Å². The summed E-state index contributed by atoms with van der Waals surface area (Å²) in [6.45, 7) is 7.42. The van der Waals surface area contributed by atoms with E-state index in [1.54, 1.807) is 0 Å². The van der Waals surface area contributed by atoms with Crippen molar-refractivity contribution in [2.24, 2.45) is 17.6 Å². The van der Waals surface area contributed by atoms with Crippen LogP contribution in [0.2, 0.25) is 0 Å². The van der Waals surface area contributed by atoms with Gasteiger partial charge in [0, 0.05) is 26.2 Å². The molecule has 0 aromatic heterocycles. The molecule has 0 radical (unpaired) electrons. The fourth-order valence-electron chi connectivity index (χ4n) is 3.10. The van der Waals surface area contributed by atoms with Crippen molar-refractivity contribution in [1.29, 1.82) is 0 Å². The second kappa shape index (κ2) is 5.28. The van der Waals surface area contributed by atoms with Gasteiger partial charge in [0.2, 0.25) is 0 Å². The Morgan fingerprint density at radius 3 is 2.67 bits per heavy atom. The minimum atomic E-state index is 0.866. The Bertz CT molecular complexity index is 185. The van der Waals surface area contributed by atoms with Gasteiger partial charge in [-0.15, -0.1) is 0 Å². The van der Waals surface area contributed by atoms with Crippen molar-refractivity contribution in [3.05, 3.63) is 0 Å². The van der Waals surface area contributed by atoms with Crippen LogP contribution in [0.1, 0.15) is 19.3 Å². The molecule has 3 nitrogen and oxygen atoms in total. The lowest BCUT2D eigenvalue weighted by atomic mass is 9.93. The van der Waals surface area contributed by atoms with Crippen LogP contribution in [0.25, 0.3) is 0 Å². The largest absolute Gasteiger partial charge is 0.330 e. The molecule has 0 aromatic carbocycles. The molecule has 0 spiro atoms. The molecule has 0 aromatic rings. The van der Waals surface area contributed by atoms with Crippen LogP contribution >= 0.6 is 0 Å². The summed E-state index contributed by atoms with van der Waals surface area (Å²) in [7, 11) is 2.21. The molecule has 0 saturated carbocycles. The summed E-state index contributed by atoms with van der Waals surface area (Å²) in [6.07, 6.45) is 4.01. The molecular weight excluding hydrogens is 186 g/mol. The summed E-state index contributed by atoms with van der Waals surface area (Å²) in [5.41, 5.74) is 5.64. The van der Waals surface area contributed by atoms with Gasteiger partial charge in [0.15, 0.2) is 0 Å². The van der Waals surface area contributed by atoms with Crippen molar-refractivity contribution in [3.8, 4) is 0 Å². The van der Waals surface area contributed by atoms with Gasteiger partial charge in [0.1, 0.15) is 0 Å². The lowest BCUT2D eigenvalue weighted by Crippen LogP contribution is -2.50. The van der Waals surface area contributed by atoms with Gasteiger partial charge in [-0.1, -0.05) is 0 Å². The SMILES string of the molecule is CN1CC(CN2CCCC(CCN)C2)C1. The van der Waals surface area contributed by atoms with Crippen molar-refractivity contribution in [3.63, 3.8) is 0 Å². The average molecular weight is 211 g/mol. The fraction of sp³-hybridized carbons (Fsp3) is 1.00. The van der Waals surface area contributed by atoms with Gasteiger partial charge in [-0.2, -0.15) is 0 Å². The Balaban J connectivity index is 1.68. The van der Waals surface area contributed by atoms with E-state index in [4.69, 9.17) is 5.73 Å². The predicted octanol–water partition coefficient (Wildman–Crippen LogP) is 0.609. The Morgan fingerprint density at radius 1 is 1.20 bits per heavy atom. The quantitative estimate of drug-likeness (QED) is 0.739. The van der Waals surface area contributed by atoms with E-state index in [1.807, 2.05) is 0 Å². The van der Waals surface area contributed by atoms with Crippen molar-refractivity contribution in [2.45, 2.75) is 19.3 Å². The molecule has 2 aliphatic heterocycles. The lowest BCUT2D eigenvalue weighted by Gasteiger charge is -2.41. The highest BCUT2D eigenvalue weighted by atomic mass is 15.2. The zero-order chi connectivity index (χ0) is 10.7. The third-order valence-electron chi connectivity index (χ3n) is 3.83. The first-order valence-electron chi connectivity index (χ1n) is 6.39. The van der Waals surface area contributed by atoms with E-state index >= 15 is 0 Å². The summed E-state index contributed by atoms with van der Waals surface area (Å²) in [4.78, 5) is 5.08. The minimum absolute atomic E-state index is 0.866. The second-order valence-corrected chi connectivity index (χ2v) is 5.43. The van der Waals surface area contributed by atoms with Crippen LogP contribution in [0.5, 0.6) is 0 Å². The highest BCUT2D eigenvalue weighted by Crippen LogP contribution is 2.22. The summed E-state index contributed by atoms with van der Waals surface area (Å²) in [6, 6.07) is 0. The maximum absolute atomic E-state index is 5.64. The van der Waals surface area contributed by atoms with E-state index in [0.717, 1.165) is 18.4 Å². The second-order valence-electron chi connectivity index (χ2n) is 5.43. The van der Waals surface area contributed by atoms with Crippen molar-refractivity contribution in [1.82, 2.24) is 9.80 Å². The van der Waals surface area contributed by atoms with Gasteiger partial charge in [-0.25, -0.2) is 0 Å². The molecule has 2 N–H and O–H groups in total. The maximum atomic E-state index is 5.64. The van der Waals surface area contributed by atoms with Gasteiger partial charge in [-0.3, -0.25) is 0 Å². The third-order valence-corrected chi connectivity index (χ3v) is 3.83. The predicted molar refractivity (Wildman–Crippen MR) is 63.8 cm³/mol. The Hall–Kier alpha value is -0.120. The van der Waals surface area contributed by atoms with E-state index in [9.17, 15) is 0 Å². The van der Waals surface area contributed by atoms with Crippen LogP contribution in [-0.4, -0.2) is 56.1 Å². The van der Waals surface area contributed by atoms with Crippen LogP contribution in [0.4, 0.5) is 0 Å². The maximum Gasteiger partial charge on any atom is 0.00343 e. The standard InChI is InChI=1S/C12H25N3/c1-14-7-12(8-14)10-15-6-2-3-11(9-15)4-5-13/h11-12H,2-10,13H2,1H3. The molecule has 88 valence electrons. The molecule has 1 atom stereocenters. The van der Waals surface area contributed by atoms with Crippen molar-refractivity contribution in [2.75, 3.05) is 46.3 Å².